The summed E-state index contributed by atoms with van der Waals surface area (Å²) in [7, 11) is -3.93. The minimum absolute atomic E-state index is 0.131. The van der Waals surface area contributed by atoms with Gasteiger partial charge in [0.2, 0.25) is 5.78 Å². The number of likely N-dealkylation sites (tertiary alicyclic amines) is 1. The molecule has 2 atom stereocenters. The van der Waals surface area contributed by atoms with Crippen LogP contribution in [0, 0.1) is 19.8 Å². The molecule has 0 bridgehead atoms. The Morgan fingerprint density at radius 3 is 2.42 bits per heavy atom. The average Bonchev–Trinajstić information content (AvgIpc) is 3.23. The summed E-state index contributed by atoms with van der Waals surface area (Å²) in [5, 5.41) is 0. The topological polar surface area (TPSA) is 76.5 Å². The molecule has 1 amide bonds. The third kappa shape index (κ3) is 2.63. The van der Waals surface area contributed by atoms with Gasteiger partial charge in [0.05, 0.1) is 4.90 Å². The molecule has 2 unspecified atom stereocenters. The number of aryl methyl sites for hydroxylation is 2. The molecule has 2 fully saturated rings. The first-order chi connectivity index (χ1) is 15.7. The Kier molecular flexibility index (Phi) is 4.00. The second-order valence-electron chi connectivity index (χ2n) is 9.20. The second-order valence-corrected chi connectivity index (χ2v) is 11.0. The third-order valence-corrected chi connectivity index (χ3v) is 8.88. The van der Waals surface area contributed by atoms with Gasteiger partial charge in [-0.15, -0.1) is 0 Å². The molecular formula is C26H22N2O4S. The van der Waals surface area contributed by atoms with E-state index in [0.717, 1.165) is 27.1 Å². The molecule has 1 aliphatic heterocycles. The molecule has 6 rings (SSSR count). The van der Waals surface area contributed by atoms with Gasteiger partial charge in [-0.2, -0.15) is 0 Å². The van der Waals surface area contributed by atoms with Crippen molar-refractivity contribution in [3.63, 3.8) is 0 Å². The number of aromatic nitrogens is 1. The molecule has 2 heterocycles. The van der Waals surface area contributed by atoms with Gasteiger partial charge in [-0.05, 0) is 61.6 Å². The highest BCUT2D eigenvalue weighted by atomic mass is 32.2. The molecule has 0 radical (unpaired) electrons. The van der Waals surface area contributed by atoms with E-state index in [-0.39, 0.29) is 28.2 Å². The zero-order valence-corrected chi connectivity index (χ0v) is 19.1. The van der Waals surface area contributed by atoms with Gasteiger partial charge in [-0.3, -0.25) is 9.59 Å². The van der Waals surface area contributed by atoms with Crippen LogP contribution in [0.5, 0.6) is 0 Å². The highest BCUT2D eigenvalue weighted by Crippen LogP contribution is 2.67. The summed E-state index contributed by atoms with van der Waals surface area (Å²) < 4.78 is 28.1. The SMILES string of the molecule is Cc1ccc(S(=O)(=O)n2cc(C)c3c2C(=O)C=C2N(C(=O)c4ccccc4)CC4CC234)cc1. The number of piperidine rings is 1. The van der Waals surface area contributed by atoms with Crippen LogP contribution in [-0.4, -0.2) is 35.5 Å². The van der Waals surface area contributed by atoms with E-state index in [9.17, 15) is 18.0 Å². The number of benzene rings is 2. The number of fused-ring (bicyclic) bond motifs is 1. The fourth-order valence-electron chi connectivity index (χ4n) is 5.60. The number of hydrogen-bond acceptors (Lipinski definition) is 4. The highest BCUT2D eigenvalue weighted by Gasteiger charge is 2.68. The van der Waals surface area contributed by atoms with Crippen LogP contribution in [-0.2, 0) is 15.4 Å². The van der Waals surface area contributed by atoms with E-state index in [1.807, 2.05) is 32.0 Å². The molecule has 2 aliphatic carbocycles. The summed E-state index contributed by atoms with van der Waals surface area (Å²) in [6.07, 6.45) is 3.85. The number of carbonyl (C=O) groups is 2. The predicted octanol–water partition coefficient (Wildman–Crippen LogP) is 3.84. The van der Waals surface area contributed by atoms with Gasteiger partial charge < -0.3 is 4.90 Å². The van der Waals surface area contributed by atoms with Crippen molar-refractivity contribution in [3.05, 3.63) is 101 Å². The number of ketones is 1. The summed E-state index contributed by atoms with van der Waals surface area (Å²) in [5.41, 5.74) is 3.48. The van der Waals surface area contributed by atoms with E-state index in [0.29, 0.717) is 17.8 Å². The third-order valence-electron chi connectivity index (χ3n) is 7.21. The maximum absolute atomic E-state index is 13.5. The van der Waals surface area contributed by atoms with E-state index in [2.05, 4.69) is 0 Å². The van der Waals surface area contributed by atoms with Crippen LogP contribution in [0.25, 0.3) is 0 Å². The number of nitrogens with zero attached hydrogens (tertiary/aromatic N) is 2. The lowest BCUT2D eigenvalue weighted by Gasteiger charge is -2.29. The van der Waals surface area contributed by atoms with Crippen molar-refractivity contribution >= 4 is 21.7 Å². The van der Waals surface area contributed by atoms with Gasteiger partial charge in [0.25, 0.3) is 15.9 Å². The average molecular weight is 459 g/mol. The maximum Gasteiger partial charge on any atom is 0.268 e. The monoisotopic (exact) mass is 458 g/mol. The van der Waals surface area contributed by atoms with Gasteiger partial charge in [0, 0.05) is 35.5 Å². The van der Waals surface area contributed by atoms with Crippen molar-refractivity contribution in [2.75, 3.05) is 6.54 Å². The standard InChI is InChI=1S/C26H22N2O4S/c1-16-8-10-20(11-9-16)33(31,32)28-14-17(2)23-24(28)21(29)12-22-26(23)13-19(26)15-27(22)25(30)18-6-4-3-5-7-18/h3-12,14,19H,13,15H2,1-2H3. The Hall–Kier alpha value is -3.45. The van der Waals surface area contributed by atoms with Crippen molar-refractivity contribution in [1.29, 1.82) is 0 Å². The van der Waals surface area contributed by atoms with Crippen molar-refractivity contribution in [1.82, 2.24) is 8.87 Å². The summed E-state index contributed by atoms with van der Waals surface area (Å²) in [4.78, 5) is 28.4. The van der Waals surface area contributed by atoms with E-state index in [1.165, 1.54) is 6.08 Å². The van der Waals surface area contributed by atoms with Crippen LogP contribution in [0.3, 0.4) is 0 Å². The van der Waals surface area contributed by atoms with Crippen LogP contribution < -0.4 is 0 Å². The largest absolute Gasteiger partial charge is 0.311 e. The second kappa shape index (κ2) is 6.54. The molecule has 2 aromatic carbocycles. The number of allylic oxidation sites excluding steroid dienone is 2. The number of hydrogen-bond donors (Lipinski definition) is 0. The molecular weight excluding hydrogens is 436 g/mol. The van der Waals surface area contributed by atoms with E-state index in [4.69, 9.17) is 0 Å². The molecule has 3 aliphatic rings. The maximum atomic E-state index is 13.5. The van der Waals surface area contributed by atoms with Gasteiger partial charge in [0.15, 0.2) is 0 Å². The van der Waals surface area contributed by atoms with Crippen LogP contribution in [0.1, 0.15) is 44.0 Å². The molecule has 7 heteroatoms. The van der Waals surface area contributed by atoms with E-state index in [1.54, 1.807) is 47.5 Å². The summed E-state index contributed by atoms with van der Waals surface area (Å²) in [6.45, 7) is 4.27. The molecule has 6 nitrogen and oxygen atoms in total. The number of rotatable bonds is 3. The minimum Gasteiger partial charge on any atom is -0.311 e. The van der Waals surface area contributed by atoms with E-state index >= 15 is 0 Å². The molecule has 3 aromatic rings. The van der Waals surface area contributed by atoms with Crippen LogP contribution in [0.15, 0.2) is 77.5 Å². The Labute approximate surface area is 192 Å². The van der Waals surface area contributed by atoms with Crippen molar-refractivity contribution in [2.45, 2.75) is 30.6 Å². The molecule has 1 saturated carbocycles. The van der Waals surface area contributed by atoms with Crippen LogP contribution >= 0.6 is 0 Å². The Bertz CT molecular complexity index is 1480. The fourth-order valence-corrected chi connectivity index (χ4v) is 7.02. The van der Waals surface area contributed by atoms with Crippen LogP contribution in [0.4, 0.5) is 0 Å². The van der Waals surface area contributed by atoms with Gasteiger partial charge in [-0.25, -0.2) is 12.4 Å². The Morgan fingerprint density at radius 1 is 1.03 bits per heavy atom. The van der Waals surface area contributed by atoms with Crippen molar-refractivity contribution in [2.24, 2.45) is 5.92 Å². The molecule has 1 aromatic heterocycles. The van der Waals surface area contributed by atoms with E-state index < -0.39 is 15.4 Å². The van der Waals surface area contributed by atoms with Crippen molar-refractivity contribution in [3.8, 4) is 0 Å². The summed E-state index contributed by atoms with van der Waals surface area (Å²) >= 11 is 0. The Morgan fingerprint density at radius 2 is 1.73 bits per heavy atom. The first-order valence-corrected chi connectivity index (χ1v) is 12.4. The summed E-state index contributed by atoms with van der Waals surface area (Å²) in [5.74, 6) is -0.332. The number of carbonyl (C=O) groups excluding carboxylic acids is 2. The first kappa shape index (κ1) is 20.2. The molecule has 33 heavy (non-hydrogen) atoms. The fraction of sp³-hybridized carbons (Fsp3) is 0.231. The lowest BCUT2D eigenvalue weighted by atomic mass is 9.83. The molecule has 1 saturated heterocycles. The lowest BCUT2D eigenvalue weighted by Crippen LogP contribution is -2.34. The highest BCUT2D eigenvalue weighted by molar-refractivity contribution is 7.90. The predicted molar refractivity (Wildman–Crippen MR) is 123 cm³/mol. The van der Waals surface area contributed by atoms with Gasteiger partial charge in [0.1, 0.15) is 5.69 Å². The quantitative estimate of drug-likeness (QED) is 0.598. The molecule has 1 spiro atoms. The van der Waals surface area contributed by atoms with Crippen molar-refractivity contribution < 1.29 is 18.0 Å². The Balaban J connectivity index is 1.47. The first-order valence-electron chi connectivity index (χ1n) is 10.9. The van der Waals surface area contributed by atoms with Gasteiger partial charge >= 0.3 is 0 Å². The van der Waals surface area contributed by atoms with Gasteiger partial charge in [-0.1, -0.05) is 35.9 Å². The lowest BCUT2D eigenvalue weighted by molar-refractivity contribution is 0.0811. The summed E-state index contributed by atoms with van der Waals surface area (Å²) in [6, 6.07) is 15.7. The molecule has 166 valence electrons. The van der Waals surface area contributed by atoms with Crippen LogP contribution in [0.2, 0.25) is 0 Å². The zero-order valence-electron chi connectivity index (χ0n) is 18.3. The minimum atomic E-state index is -3.93. The smallest absolute Gasteiger partial charge is 0.268 e. The number of amides is 1. The normalized spacial score (nSPS) is 23.0. The zero-order chi connectivity index (χ0) is 23.1. The molecule has 0 N–H and O–H groups in total.